The number of hydrogen-bond donors (Lipinski definition) is 1. The number of benzene rings is 2. The molecule has 0 bridgehead atoms. The maximum atomic E-state index is 13.1. The molecule has 172 valence electrons. The van der Waals surface area contributed by atoms with Crippen molar-refractivity contribution in [2.24, 2.45) is 5.92 Å². The normalized spacial score (nSPS) is 21.3. The number of rotatable bonds is 5. The van der Waals surface area contributed by atoms with Crippen LogP contribution in [0.5, 0.6) is 11.5 Å². The Morgan fingerprint density at radius 3 is 2.47 bits per heavy atom. The second-order valence-corrected chi connectivity index (χ2v) is 11.0. The van der Waals surface area contributed by atoms with Crippen molar-refractivity contribution in [3.63, 3.8) is 0 Å². The van der Waals surface area contributed by atoms with Gasteiger partial charge in [0.2, 0.25) is 15.9 Å². The van der Waals surface area contributed by atoms with E-state index in [2.05, 4.69) is 5.32 Å². The summed E-state index contributed by atoms with van der Waals surface area (Å²) in [5.74, 6) is 1.17. The summed E-state index contributed by atoms with van der Waals surface area (Å²) in [5.41, 5.74) is 0.507. The van der Waals surface area contributed by atoms with E-state index in [0.29, 0.717) is 43.0 Å². The van der Waals surface area contributed by atoms with Gasteiger partial charge in [0, 0.05) is 37.1 Å². The molecular weight excluding hydrogens is 428 g/mol. The highest BCUT2D eigenvalue weighted by Crippen LogP contribution is 2.41. The molecule has 2 aliphatic heterocycles. The molecule has 1 fully saturated rings. The number of hydrogen-bond acceptors (Lipinski definition) is 5. The second kappa shape index (κ2) is 8.75. The minimum absolute atomic E-state index is 0.0359. The summed E-state index contributed by atoms with van der Waals surface area (Å²) >= 11 is 0. The Balaban J connectivity index is 1.42. The molecule has 8 heteroatoms. The third-order valence-electron chi connectivity index (χ3n) is 6.20. The van der Waals surface area contributed by atoms with Crippen LogP contribution < -0.4 is 14.8 Å². The Morgan fingerprint density at radius 1 is 1.12 bits per heavy atom. The van der Waals surface area contributed by atoms with Crippen molar-refractivity contribution in [1.82, 2.24) is 9.62 Å². The number of sulfonamides is 1. The molecule has 1 amide bonds. The highest BCUT2D eigenvalue weighted by Gasteiger charge is 2.37. The third-order valence-corrected chi connectivity index (χ3v) is 8.11. The first-order valence-corrected chi connectivity index (χ1v) is 12.4. The van der Waals surface area contributed by atoms with Gasteiger partial charge in [-0.3, -0.25) is 4.79 Å². The predicted octanol–water partition coefficient (Wildman–Crippen LogP) is 3.51. The molecule has 0 aliphatic carbocycles. The minimum atomic E-state index is -3.53. The van der Waals surface area contributed by atoms with Crippen LogP contribution in [0.15, 0.2) is 53.4 Å². The Morgan fingerprint density at radius 2 is 1.81 bits per heavy atom. The molecule has 2 aliphatic rings. The number of amides is 1. The third kappa shape index (κ3) is 4.61. The number of methoxy groups -OCH3 is 1. The van der Waals surface area contributed by atoms with Crippen molar-refractivity contribution in [1.29, 1.82) is 0 Å². The lowest BCUT2D eigenvalue weighted by molar-refractivity contribution is -0.127. The van der Waals surface area contributed by atoms with Crippen molar-refractivity contribution in [2.75, 3.05) is 20.2 Å². The van der Waals surface area contributed by atoms with E-state index in [-0.39, 0.29) is 17.9 Å². The van der Waals surface area contributed by atoms with Crippen molar-refractivity contribution < 1.29 is 22.7 Å². The number of nitrogens with zero attached hydrogens (tertiary/aromatic N) is 1. The number of fused-ring (bicyclic) bond motifs is 1. The Hall–Kier alpha value is -2.58. The highest BCUT2D eigenvalue weighted by molar-refractivity contribution is 7.89. The fourth-order valence-electron chi connectivity index (χ4n) is 4.48. The highest BCUT2D eigenvalue weighted by atomic mass is 32.2. The van der Waals surface area contributed by atoms with Crippen LogP contribution in [0, 0.1) is 5.92 Å². The minimum Gasteiger partial charge on any atom is -0.497 e. The molecule has 1 N–H and O–H groups in total. The predicted molar refractivity (Wildman–Crippen MR) is 121 cm³/mol. The van der Waals surface area contributed by atoms with Gasteiger partial charge in [-0.1, -0.05) is 18.2 Å². The van der Waals surface area contributed by atoms with E-state index in [9.17, 15) is 13.2 Å². The van der Waals surface area contributed by atoms with Crippen LogP contribution in [0.25, 0.3) is 0 Å². The summed E-state index contributed by atoms with van der Waals surface area (Å²) in [7, 11) is -1.92. The SMILES string of the molecule is COc1ccc2c(c1)OC(C)(C)CC2NC(=O)C1CCN(S(=O)(=O)c2ccccc2)CC1. The van der Waals surface area contributed by atoms with Crippen molar-refractivity contribution >= 4 is 15.9 Å². The number of carbonyl (C=O) groups is 1. The lowest BCUT2D eigenvalue weighted by Gasteiger charge is -2.39. The van der Waals surface area contributed by atoms with Gasteiger partial charge in [0.15, 0.2) is 0 Å². The van der Waals surface area contributed by atoms with Gasteiger partial charge in [-0.05, 0) is 51.0 Å². The fraction of sp³-hybridized carbons (Fsp3) is 0.458. The zero-order valence-corrected chi connectivity index (χ0v) is 19.5. The molecule has 2 aromatic carbocycles. The van der Waals surface area contributed by atoms with Crippen LogP contribution in [-0.2, 0) is 14.8 Å². The van der Waals surface area contributed by atoms with E-state index >= 15 is 0 Å². The molecule has 0 spiro atoms. The van der Waals surface area contributed by atoms with E-state index in [0.717, 1.165) is 11.3 Å². The second-order valence-electron chi connectivity index (χ2n) is 9.02. The Bertz CT molecular complexity index is 1080. The van der Waals surface area contributed by atoms with E-state index in [4.69, 9.17) is 9.47 Å². The van der Waals surface area contributed by atoms with Crippen LogP contribution in [0.3, 0.4) is 0 Å². The molecule has 2 heterocycles. The summed E-state index contributed by atoms with van der Waals surface area (Å²) in [4.78, 5) is 13.4. The summed E-state index contributed by atoms with van der Waals surface area (Å²) in [5, 5.41) is 3.20. The monoisotopic (exact) mass is 458 g/mol. The largest absolute Gasteiger partial charge is 0.497 e. The lowest BCUT2D eigenvalue weighted by atomic mass is 9.88. The first-order valence-electron chi connectivity index (χ1n) is 10.9. The standard InChI is InChI=1S/C24H30N2O5S/c1-24(2)16-21(20-10-9-18(30-3)15-22(20)31-24)25-23(27)17-11-13-26(14-12-17)32(28,29)19-7-5-4-6-8-19/h4-10,15,17,21H,11-14,16H2,1-3H3,(H,25,27). The van der Waals surface area contributed by atoms with E-state index in [1.54, 1.807) is 37.4 Å². The van der Waals surface area contributed by atoms with Gasteiger partial charge in [0.1, 0.15) is 17.1 Å². The molecule has 0 aromatic heterocycles. The average molecular weight is 459 g/mol. The van der Waals surface area contributed by atoms with Crippen LogP contribution in [0.4, 0.5) is 0 Å². The maximum absolute atomic E-state index is 13.1. The lowest BCUT2D eigenvalue weighted by Crippen LogP contribution is -2.46. The number of nitrogens with one attached hydrogen (secondary N) is 1. The number of carbonyl (C=O) groups excluding carboxylic acids is 1. The first kappa shape index (κ1) is 22.6. The fourth-order valence-corrected chi connectivity index (χ4v) is 5.97. The maximum Gasteiger partial charge on any atom is 0.243 e. The van der Waals surface area contributed by atoms with Gasteiger partial charge >= 0.3 is 0 Å². The molecule has 1 saturated heterocycles. The molecular formula is C24H30N2O5S. The van der Waals surface area contributed by atoms with E-state index in [1.807, 2.05) is 32.0 Å². The van der Waals surface area contributed by atoms with Gasteiger partial charge < -0.3 is 14.8 Å². The summed E-state index contributed by atoms with van der Waals surface area (Å²) in [6, 6.07) is 13.9. The molecule has 0 saturated carbocycles. The molecule has 1 unspecified atom stereocenters. The van der Waals surface area contributed by atoms with Crippen LogP contribution in [-0.4, -0.2) is 44.4 Å². The zero-order valence-electron chi connectivity index (χ0n) is 18.7. The summed E-state index contributed by atoms with van der Waals surface area (Å²) in [6.07, 6.45) is 1.65. The van der Waals surface area contributed by atoms with Crippen LogP contribution >= 0.6 is 0 Å². The van der Waals surface area contributed by atoms with E-state index < -0.39 is 15.6 Å². The topological polar surface area (TPSA) is 84.9 Å². The molecule has 0 radical (unpaired) electrons. The molecule has 7 nitrogen and oxygen atoms in total. The van der Waals surface area contributed by atoms with Gasteiger partial charge in [-0.15, -0.1) is 0 Å². The van der Waals surface area contributed by atoms with Gasteiger partial charge in [0.25, 0.3) is 0 Å². The molecule has 4 rings (SSSR count). The molecule has 32 heavy (non-hydrogen) atoms. The van der Waals surface area contributed by atoms with Gasteiger partial charge in [0.05, 0.1) is 18.0 Å². The van der Waals surface area contributed by atoms with Crippen LogP contribution in [0.2, 0.25) is 0 Å². The Labute approximate surface area is 189 Å². The average Bonchev–Trinajstić information content (AvgIpc) is 2.78. The first-order chi connectivity index (χ1) is 15.2. The summed E-state index contributed by atoms with van der Waals surface area (Å²) < 4.78 is 38.6. The van der Waals surface area contributed by atoms with E-state index in [1.165, 1.54) is 4.31 Å². The zero-order chi connectivity index (χ0) is 22.9. The Kier molecular flexibility index (Phi) is 6.18. The smallest absolute Gasteiger partial charge is 0.243 e. The number of piperidine rings is 1. The number of ether oxygens (including phenoxy) is 2. The quantitative estimate of drug-likeness (QED) is 0.741. The van der Waals surface area contributed by atoms with Crippen molar-refractivity contribution in [3.8, 4) is 11.5 Å². The molecule has 2 aromatic rings. The summed E-state index contributed by atoms with van der Waals surface area (Å²) in [6.45, 7) is 4.67. The van der Waals surface area contributed by atoms with Crippen molar-refractivity contribution in [3.05, 3.63) is 54.1 Å². The molecule has 1 atom stereocenters. The van der Waals surface area contributed by atoms with Crippen molar-refractivity contribution in [2.45, 2.75) is 49.6 Å². The van der Waals surface area contributed by atoms with Gasteiger partial charge in [-0.2, -0.15) is 4.31 Å². The van der Waals surface area contributed by atoms with Crippen LogP contribution in [0.1, 0.15) is 44.7 Å². The van der Waals surface area contributed by atoms with Gasteiger partial charge in [-0.25, -0.2) is 8.42 Å².